The van der Waals surface area contributed by atoms with Gasteiger partial charge in [-0.3, -0.25) is 4.79 Å². The van der Waals surface area contributed by atoms with Crippen molar-refractivity contribution in [1.29, 1.82) is 0 Å². The second-order valence-corrected chi connectivity index (χ2v) is 6.30. The quantitative estimate of drug-likeness (QED) is 0.649. The standard InChI is InChI=1S/C20H18ClFN4O/c21-16-7-5-14(6-8-16)9-10-23-19-11-18(25-13-26-19)20(27)24-12-15-3-1-2-4-17(15)22/h1-8,11,13H,9-10,12H2,(H,24,27)(H,23,25,26). The highest BCUT2D eigenvalue weighted by Gasteiger charge is 2.10. The predicted molar refractivity (Wildman–Crippen MR) is 103 cm³/mol. The summed E-state index contributed by atoms with van der Waals surface area (Å²) in [6, 6.07) is 15.5. The molecule has 3 aromatic rings. The van der Waals surface area contributed by atoms with Crippen LogP contribution < -0.4 is 10.6 Å². The first-order valence-corrected chi connectivity index (χ1v) is 8.81. The van der Waals surface area contributed by atoms with Crippen LogP contribution in [0, 0.1) is 5.82 Å². The fourth-order valence-corrected chi connectivity index (χ4v) is 2.60. The first-order chi connectivity index (χ1) is 13.1. The van der Waals surface area contributed by atoms with E-state index in [1.165, 1.54) is 12.4 Å². The van der Waals surface area contributed by atoms with Gasteiger partial charge >= 0.3 is 0 Å². The number of carbonyl (C=O) groups excluding carboxylic acids is 1. The van der Waals surface area contributed by atoms with Gasteiger partial charge in [0.2, 0.25) is 0 Å². The number of anilines is 1. The number of benzene rings is 2. The van der Waals surface area contributed by atoms with Gasteiger partial charge in [0.15, 0.2) is 0 Å². The van der Waals surface area contributed by atoms with Gasteiger partial charge in [0.1, 0.15) is 23.7 Å². The van der Waals surface area contributed by atoms with E-state index < -0.39 is 0 Å². The molecule has 138 valence electrons. The van der Waals surface area contributed by atoms with Crippen molar-refractivity contribution in [2.45, 2.75) is 13.0 Å². The van der Waals surface area contributed by atoms with E-state index in [0.717, 1.165) is 12.0 Å². The smallest absolute Gasteiger partial charge is 0.270 e. The van der Waals surface area contributed by atoms with Crippen LogP contribution in [0.25, 0.3) is 0 Å². The van der Waals surface area contributed by atoms with Crippen LogP contribution in [-0.4, -0.2) is 22.4 Å². The highest BCUT2D eigenvalue weighted by atomic mass is 35.5. The molecule has 2 aromatic carbocycles. The zero-order chi connectivity index (χ0) is 19.1. The number of nitrogens with one attached hydrogen (secondary N) is 2. The third-order valence-corrected chi connectivity index (χ3v) is 4.18. The molecule has 1 heterocycles. The summed E-state index contributed by atoms with van der Waals surface area (Å²) in [7, 11) is 0. The third kappa shape index (κ3) is 5.49. The summed E-state index contributed by atoms with van der Waals surface area (Å²) in [5.41, 5.74) is 1.78. The molecule has 0 aliphatic heterocycles. The Morgan fingerprint density at radius 3 is 2.63 bits per heavy atom. The largest absolute Gasteiger partial charge is 0.370 e. The van der Waals surface area contributed by atoms with E-state index in [9.17, 15) is 9.18 Å². The van der Waals surface area contributed by atoms with E-state index in [-0.39, 0.29) is 24.0 Å². The van der Waals surface area contributed by atoms with Gasteiger partial charge in [0.05, 0.1) is 0 Å². The lowest BCUT2D eigenvalue weighted by Crippen LogP contribution is -2.24. The molecule has 7 heteroatoms. The monoisotopic (exact) mass is 384 g/mol. The van der Waals surface area contributed by atoms with Crippen LogP contribution in [0.15, 0.2) is 60.9 Å². The molecule has 0 radical (unpaired) electrons. The first kappa shape index (κ1) is 18.8. The molecule has 3 rings (SSSR count). The Labute approximate surface area is 161 Å². The molecule has 5 nitrogen and oxygen atoms in total. The second kappa shape index (κ2) is 9.09. The van der Waals surface area contributed by atoms with Crippen molar-refractivity contribution in [3.63, 3.8) is 0 Å². The molecule has 0 unspecified atom stereocenters. The van der Waals surface area contributed by atoms with Crippen molar-refractivity contribution in [1.82, 2.24) is 15.3 Å². The van der Waals surface area contributed by atoms with Crippen LogP contribution in [0.5, 0.6) is 0 Å². The number of halogens is 2. The van der Waals surface area contributed by atoms with Gasteiger partial charge in [0, 0.05) is 29.7 Å². The van der Waals surface area contributed by atoms with E-state index in [4.69, 9.17) is 11.6 Å². The number of amides is 1. The average Bonchev–Trinajstić information content (AvgIpc) is 2.69. The highest BCUT2D eigenvalue weighted by molar-refractivity contribution is 6.30. The maximum atomic E-state index is 13.6. The van der Waals surface area contributed by atoms with Crippen LogP contribution in [0.4, 0.5) is 10.2 Å². The molecule has 0 atom stereocenters. The number of aromatic nitrogens is 2. The molecule has 0 saturated heterocycles. The molecule has 1 aromatic heterocycles. The summed E-state index contributed by atoms with van der Waals surface area (Å²) in [6.07, 6.45) is 2.11. The number of rotatable bonds is 7. The molecule has 27 heavy (non-hydrogen) atoms. The molecular weight excluding hydrogens is 367 g/mol. The van der Waals surface area contributed by atoms with Crippen LogP contribution in [-0.2, 0) is 13.0 Å². The second-order valence-electron chi connectivity index (χ2n) is 5.87. The summed E-state index contributed by atoms with van der Waals surface area (Å²) in [5.74, 6) is -0.193. The zero-order valence-electron chi connectivity index (χ0n) is 14.5. The molecule has 0 bridgehead atoms. The van der Waals surface area contributed by atoms with Gasteiger partial charge in [-0.25, -0.2) is 14.4 Å². The van der Waals surface area contributed by atoms with E-state index in [2.05, 4.69) is 20.6 Å². The maximum absolute atomic E-state index is 13.6. The van der Waals surface area contributed by atoms with Gasteiger partial charge in [-0.15, -0.1) is 0 Å². The fourth-order valence-electron chi connectivity index (χ4n) is 2.47. The molecule has 0 saturated carbocycles. The van der Waals surface area contributed by atoms with E-state index in [0.29, 0.717) is 22.9 Å². The van der Waals surface area contributed by atoms with Crippen LogP contribution in [0.3, 0.4) is 0 Å². The summed E-state index contributed by atoms with van der Waals surface area (Å²) in [4.78, 5) is 20.3. The summed E-state index contributed by atoms with van der Waals surface area (Å²) < 4.78 is 13.6. The van der Waals surface area contributed by atoms with Crippen LogP contribution >= 0.6 is 11.6 Å². The number of hydrogen-bond acceptors (Lipinski definition) is 4. The van der Waals surface area contributed by atoms with Gasteiger partial charge in [0.25, 0.3) is 5.91 Å². The molecule has 2 N–H and O–H groups in total. The maximum Gasteiger partial charge on any atom is 0.270 e. The summed E-state index contributed by atoms with van der Waals surface area (Å²) in [5, 5.41) is 6.53. The minimum absolute atomic E-state index is 0.0921. The molecule has 0 aliphatic carbocycles. The summed E-state index contributed by atoms with van der Waals surface area (Å²) >= 11 is 5.87. The van der Waals surface area contributed by atoms with Crippen molar-refractivity contribution in [2.75, 3.05) is 11.9 Å². The SMILES string of the molecule is O=C(NCc1ccccc1F)c1cc(NCCc2ccc(Cl)cc2)ncn1. The third-order valence-electron chi connectivity index (χ3n) is 3.93. The lowest BCUT2D eigenvalue weighted by atomic mass is 10.1. The van der Waals surface area contributed by atoms with Crippen molar-refractivity contribution in [2.24, 2.45) is 0 Å². The predicted octanol–water partition coefficient (Wildman–Crippen LogP) is 3.85. The van der Waals surface area contributed by atoms with E-state index in [1.54, 1.807) is 24.3 Å². The normalized spacial score (nSPS) is 10.4. The first-order valence-electron chi connectivity index (χ1n) is 8.44. The van der Waals surface area contributed by atoms with Gasteiger partial charge < -0.3 is 10.6 Å². The van der Waals surface area contributed by atoms with E-state index >= 15 is 0 Å². The topological polar surface area (TPSA) is 66.9 Å². The Balaban J connectivity index is 1.53. The van der Waals surface area contributed by atoms with Gasteiger partial charge in [-0.2, -0.15) is 0 Å². The Morgan fingerprint density at radius 2 is 1.85 bits per heavy atom. The summed E-state index contributed by atoms with van der Waals surface area (Å²) in [6.45, 7) is 0.740. The molecule has 1 amide bonds. The molecule has 0 fully saturated rings. The minimum Gasteiger partial charge on any atom is -0.370 e. The van der Waals surface area contributed by atoms with Gasteiger partial charge in [-0.1, -0.05) is 41.9 Å². The van der Waals surface area contributed by atoms with Crippen molar-refractivity contribution in [3.05, 3.63) is 88.6 Å². The van der Waals surface area contributed by atoms with Crippen molar-refractivity contribution < 1.29 is 9.18 Å². The molecular formula is C20H18ClFN4O. The number of carbonyl (C=O) groups is 1. The minimum atomic E-state index is -0.388. The van der Waals surface area contributed by atoms with Crippen LogP contribution in [0.1, 0.15) is 21.6 Å². The van der Waals surface area contributed by atoms with E-state index in [1.807, 2.05) is 24.3 Å². The number of nitrogens with zero attached hydrogens (tertiary/aromatic N) is 2. The van der Waals surface area contributed by atoms with Crippen molar-refractivity contribution in [3.8, 4) is 0 Å². The average molecular weight is 385 g/mol. The Morgan fingerprint density at radius 1 is 1.07 bits per heavy atom. The van der Waals surface area contributed by atoms with Crippen LogP contribution in [0.2, 0.25) is 5.02 Å². The van der Waals surface area contributed by atoms with Gasteiger partial charge in [-0.05, 0) is 30.2 Å². The molecule has 0 aliphatic rings. The lowest BCUT2D eigenvalue weighted by molar-refractivity contribution is 0.0945. The molecule has 0 spiro atoms. The number of hydrogen-bond donors (Lipinski definition) is 2. The fraction of sp³-hybridized carbons (Fsp3) is 0.150. The highest BCUT2D eigenvalue weighted by Crippen LogP contribution is 2.11. The zero-order valence-corrected chi connectivity index (χ0v) is 15.2. The Bertz CT molecular complexity index is 918. The Hall–Kier alpha value is -2.99. The lowest BCUT2D eigenvalue weighted by Gasteiger charge is -2.08. The van der Waals surface area contributed by atoms with Crippen molar-refractivity contribution >= 4 is 23.3 Å². The Kier molecular flexibility index (Phi) is 6.33.